The van der Waals surface area contributed by atoms with Gasteiger partial charge in [0.25, 0.3) is 0 Å². The van der Waals surface area contributed by atoms with Gasteiger partial charge in [0.1, 0.15) is 0 Å². The average Bonchev–Trinajstić information content (AvgIpc) is 2.24. The molecule has 0 aromatic carbocycles. The molecule has 17 heavy (non-hydrogen) atoms. The van der Waals surface area contributed by atoms with Crippen LogP contribution in [0, 0.1) is 5.92 Å². The number of nitrogens with one attached hydrogen (secondary N) is 2. The molecule has 0 aliphatic heterocycles. The monoisotopic (exact) mass is 245 g/mol. The molecule has 0 rings (SSSR count). The van der Waals surface area contributed by atoms with Gasteiger partial charge in [-0.3, -0.25) is 4.79 Å². The van der Waals surface area contributed by atoms with E-state index in [9.17, 15) is 9.59 Å². The van der Waals surface area contributed by atoms with E-state index in [4.69, 9.17) is 5.11 Å². The van der Waals surface area contributed by atoms with Crippen molar-refractivity contribution in [1.29, 1.82) is 0 Å². The van der Waals surface area contributed by atoms with E-state index in [0.29, 0.717) is 13.0 Å². The highest BCUT2D eigenvalue weighted by Gasteiger charge is 2.15. The zero-order valence-electron chi connectivity index (χ0n) is 10.8. The highest BCUT2D eigenvalue weighted by Crippen LogP contribution is 1.99. The lowest BCUT2D eigenvalue weighted by atomic mass is 10.1. The van der Waals surface area contributed by atoms with Crippen molar-refractivity contribution in [2.75, 3.05) is 33.7 Å². The summed E-state index contributed by atoms with van der Waals surface area (Å²) in [7, 11) is 3.94. The molecule has 0 aliphatic rings. The first-order valence-corrected chi connectivity index (χ1v) is 5.86. The summed E-state index contributed by atoms with van der Waals surface area (Å²) in [5.41, 5.74) is 0. The summed E-state index contributed by atoms with van der Waals surface area (Å²) in [6.45, 7) is 3.46. The van der Waals surface area contributed by atoms with Crippen molar-refractivity contribution in [2.24, 2.45) is 5.92 Å². The van der Waals surface area contributed by atoms with Crippen molar-refractivity contribution in [3.05, 3.63) is 0 Å². The van der Waals surface area contributed by atoms with Crippen LogP contribution in [-0.2, 0) is 4.79 Å². The number of aliphatic carboxylic acids is 1. The Bertz CT molecular complexity index is 244. The van der Waals surface area contributed by atoms with E-state index >= 15 is 0 Å². The molecule has 0 aliphatic carbocycles. The second-order valence-electron chi connectivity index (χ2n) is 4.24. The molecule has 100 valence electrons. The molecule has 0 spiro atoms. The summed E-state index contributed by atoms with van der Waals surface area (Å²) in [6.07, 6.45) is 1.38. The smallest absolute Gasteiger partial charge is 0.314 e. The highest BCUT2D eigenvalue weighted by molar-refractivity contribution is 5.75. The van der Waals surface area contributed by atoms with Gasteiger partial charge in [-0.05, 0) is 33.5 Å². The number of hydrogen-bond donors (Lipinski definition) is 3. The Labute approximate surface area is 102 Å². The Morgan fingerprint density at radius 3 is 2.41 bits per heavy atom. The number of carbonyl (C=O) groups is 2. The largest absolute Gasteiger partial charge is 0.481 e. The zero-order valence-corrected chi connectivity index (χ0v) is 10.8. The van der Waals surface area contributed by atoms with Crippen molar-refractivity contribution in [1.82, 2.24) is 15.5 Å². The standard InChI is InChI=1S/C11H23N3O3/c1-4-9(10(15)16)8-13-11(17)12-6-5-7-14(2)3/h9H,4-8H2,1-3H3,(H,15,16)(H2,12,13,17). The Hall–Kier alpha value is -1.30. The minimum absolute atomic E-state index is 0.172. The molecule has 0 fully saturated rings. The minimum atomic E-state index is -0.875. The number of carboxylic acids is 1. The van der Waals surface area contributed by atoms with Crippen LogP contribution in [0.5, 0.6) is 0 Å². The molecular formula is C11H23N3O3. The summed E-state index contributed by atoms with van der Waals surface area (Å²) >= 11 is 0. The van der Waals surface area contributed by atoms with Gasteiger partial charge in [-0.1, -0.05) is 6.92 Å². The molecule has 0 aromatic rings. The number of nitrogens with zero attached hydrogens (tertiary/aromatic N) is 1. The Morgan fingerprint density at radius 1 is 1.29 bits per heavy atom. The molecule has 0 saturated carbocycles. The summed E-state index contributed by atoms with van der Waals surface area (Å²) in [5.74, 6) is -1.39. The van der Waals surface area contributed by atoms with E-state index in [-0.39, 0.29) is 12.6 Å². The number of carbonyl (C=O) groups excluding carboxylic acids is 1. The van der Waals surface area contributed by atoms with Gasteiger partial charge in [-0.15, -0.1) is 0 Å². The number of urea groups is 1. The summed E-state index contributed by atoms with van der Waals surface area (Å²) in [5, 5.41) is 14.0. The summed E-state index contributed by atoms with van der Waals surface area (Å²) in [6, 6.07) is -0.302. The van der Waals surface area contributed by atoms with Gasteiger partial charge in [-0.25, -0.2) is 4.79 Å². The van der Waals surface area contributed by atoms with E-state index in [0.717, 1.165) is 13.0 Å². The molecule has 6 nitrogen and oxygen atoms in total. The molecule has 0 radical (unpaired) electrons. The number of rotatable bonds is 8. The van der Waals surface area contributed by atoms with Gasteiger partial charge in [0.05, 0.1) is 5.92 Å². The fourth-order valence-electron chi connectivity index (χ4n) is 1.28. The van der Waals surface area contributed by atoms with Crippen LogP contribution in [0.15, 0.2) is 0 Å². The van der Waals surface area contributed by atoms with Crippen molar-refractivity contribution >= 4 is 12.0 Å². The van der Waals surface area contributed by atoms with Crippen molar-refractivity contribution in [2.45, 2.75) is 19.8 Å². The summed E-state index contributed by atoms with van der Waals surface area (Å²) < 4.78 is 0. The first kappa shape index (κ1) is 15.7. The van der Waals surface area contributed by atoms with Crippen LogP contribution in [-0.4, -0.2) is 55.7 Å². The molecule has 0 heterocycles. The van der Waals surface area contributed by atoms with Crippen LogP contribution in [0.1, 0.15) is 19.8 Å². The normalized spacial score (nSPS) is 12.2. The van der Waals surface area contributed by atoms with Crippen LogP contribution < -0.4 is 10.6 Å². The topological polar surface area (TPSA) is 81.7 Å². The van der Waals surface area contributed by atoms with Crippen molar-refractivity contribution < 1.29 is 14.7 Å². The van der Waals surface area contributed by atoms with Crippen molar-refractivity contribution in [3.63, 3.8) is 0 Å². The van der Waals surface area contributed by atoms with E-state index < -0.39 is 11.9 Å². The fraction of sp³-hybridized carbons (Fsp3) is 0.818. The third-order valence-electron chi connectivity index (χ3n) is 2.42. The first-order chi connectivity index (χ1) is 7.97. The van der Waals surface area contributed by atoms with Gasteiger partial charge in [0.2, 0.25) is 0 Å². The number of hydrogen-bond acceptors (Lipinski definition) is 3. The van der Waals surface area contributed by atoms with Gasteiger partial charge in [0.15, 0.2) is 0 Å². The first-order valence-electron chi connectivity index (χ1n) is 5.86. The molecule has 1 atom stereocenters. The van der Waals surface area contributed by atoms with Crippen LogP contribution >= 0.6 is 0 Å². The lowest BCUT2D eigenvalue weighted by Gasteiger charge is -2.13. The fourth-order valence-corrected chi connectivity index (χ4v) is 1.28. The van der Waals surface area contributed by atoms with Gasteiger partial charge < -0.3 is 20.6 Å². The molecule has 0 saturated heterocycles. The molecular weight excluding hydrogens is 222 g/mol. The molecule has 0 aromatic heterocycles. The third kappa shape index (κ3) is 8.50. The van der Waals surface area contributed by atoms with Crippen LogP contribution in [0.4, 0.5) is 4.79 Å². The van der Waals surface area contributed by atoms with E-state index in [1.165, 1.54) is 0 Å². The van der Waals surface area contributed by atoms with E-state index in [1.54, 1.807) is 6.92 Å². The van der Waals surface area contributed by atoms with Gasteiger partial charge in [0, 0.05) is 13.1 Å². The molecule has 2 amide bonds. The Balaban J connectivity index is 3.62. The van der Waals surface area contributed by atoms with E-state index in [2.05, 4.69) is 10.6 Å². The predicted molar refractivity (Wildman–Crippen MR) is 66.0 cm³/mol. The molecule has 6 heteroatoms. The highest BCUT2D eigenvalue weighted by atomic mass is 16.4. The maximum atomic E-state index is 11.3. The van der Waals surface area contributed by atoms with Gasteiger partial charge >= 0.3 is 12.0 Å². The van der Waals surface area contributed by atoms with E-state index in [1.807, 2.05) is 19.0 Å². The molecule has 3 N–H and O–H groups in total. The zero-order chi connectivity index (χ0) is 13.3. The molecule has 1 unspecified atom stereocenters. The quantitative estimate of drug-likeness (QED) is 0.539. The molecule has 0 bridgehead atoms. The lowest BCUT2D eigenvalue weighted by molar-refractivity contribution is -0.141. The van der Waals surface area contributed by atoms with Crippen LogP contribution in [0.3, 0.4) is 0 Å². The second-order valence-corrected chi connectivity index (χ2v) is 4.24. The number of carboxylic acid groups (broad SMARTS) is 1. The van der Waals surface area contributed by atoms with Crippen molar-refractivity contribution in [3.8, 4) is 0 Å². The maximum Gasteiger partial charge on any atom is 0.314 e. The number of amides is 2. The van der Waals surface area contributed by atoms with Gasteiger partial charge in [-0.2, -0.15) is 0 Å². The predicted octanol–water partition coefficient (Wildman–Crippen LogP) is 0.348. The Kier molecular flexibility index (Phi) is 8.13. The van der Waals surface area contributed by atoms with Crippen LogP contribution in [0.25, 0.3) is 0 Å². The Morgan fingerprint density at radius 2 is 1.94 bits per heavy atom. The second kappa shape index (κ2) is 8.81. The SMILES string of the molecule is CCC(CNC(=O)NCCCN(C)C)C(=O)O. The third-order valence-corrected chi connectivity index (χ3v) is 2.42. The maximum absolute atomic E-state index is 11.3. The summed E-state index contributed by atoms with van der Waals surface area (Å²) in [4.78, 5) is 24.0. The lowest BCUT2D eigenvalue weighted by Crippen LogP contribution is -2.40. The average molecular weight is 245 g/mol. The van der Waals surface area contributed by atoms with Crippen LogP contribution in [0.2, 0.25) is 0 Å². The minimum Gasteiger partial charge on any atom is -0.481 e.